The SMILES string of the molecule is COc1ccc(OC)c(N(C)CC(C)CC(=O)O)c1. The fourth-order valence-corrected chi connectivity index (χ4v) is 2.02. The molecule has 1 rings (SSSR count). The van der Waals surface area contributed by atoms with Gasteiger partial charge in [0.25, 0.3) is 0 Å². The molecular formula is C14H21NO4. The fraction of sp³-hybridized carbons (Fsp3) is 0.500. The molecule has 5 heteroatoms. The number of carbonyl (C=O) groups is 1. The molecule has 1 atom stereocenters. The van der Waals surface area contributed by atoms with E-state index in [9.17, 15) is 4.79 Å². The van der Waals surface area contributed by atoms with E-state index in [2.05, 4.69) is 0 Å². The lowest BCUT2D eigenvalue weighted by molar-refractivity contribution is -0.137. The number of hydrogen-bond acceptors (Lipinski definition) is 4. The number of rotatable bonds is 7. The summed E-state index contributed by atoms with van der Waals surface area (Å²) < 4.78 is 10.5. The van der Waals surface area contributed by atoms with E-state index in [-0.39, 0.29) is 12.3 Å². The second kappa shape index (κ2) is 6.87. The molecule has 0 bridgehead atoms. The molecule has 1 aromatic rings. The number of ether oxygens (including phenoxy) is 2. The predicted octanol–water partition coefficient (Wildman–Crippen LogP) is 2.25. The lowest BCUT2D eigenvalue weighted by atomic mass is 10.1. The minimum Gasteiger partial charge on any atom is -0.497 e. The van der Waals surface area contributed by atoms with E-state index in [1.807, 2.05) is 37.1 Å². The highest BCUT2D eigenvalue weighted by Gasteiger charge is 2.14. The van der Waals surface area contributed by atoms with Crippen molar-refractivity contribution < 1.29 is 19.4 Å². The highest BCUT2D eigenvalue weighted by molar-refractivity contribution is 5.67. The van der Waals surface area contributed by atoms with Gasteiger partial charge in [0, 0.05) is 26.1 Å². The van der Waals surface area contributed by atoms with Gasteiger partial charge < -0.3 is 19.5 Å². The van der Waals surface area contributed by atoms with E-state index < -0.39 is 5.97 Å². The maximum absolute atomic E-state index is 10.7. The summed E-state index contributed by atoms with van der Waals surface area (Å²) in [6, 6.07) is 5.55. The van der Waals surface area contributed by atoms with Crippen LogP contribution in [-0.2, 0) is 4.79 Å². The number of aliphatic carboxylic acids is 1. The number of anilines is 1. The summed E-state index contributed by atoms with van der Waals surface area (Å²) in [7, 11) is 5.13. The topological polar surface area (TPSA) is 59.0 Å². The van der Waals surface area contributed by atoms with Crippen molar-refractivity contribution in [3.8, 4) is 11.5 Å². The van der Waals surface area contributed by atoms with Crippen LogP contribution in [0.2, 0.25) is 0 Å². The molecule has 0 radical (unpaired) electrons. The summed E-state index contributed by atoms with van der Waals surface area (Å²) in [6.45, 7) is 2.55. The molecule has 0 spiro atoms. The van der Waals surface area contributed by atoms with Gasteiger partial charge in [-0.2, -0.15) is 0 Å². The second-order valence-electron chi connectivity index (χ2n) is 4.62. The molecule has 19 heavy (non-hydrogen) atoms. The van der Waals surface area contributed by atoms with Gasteiger partial charge in [0.2, 0.25) is 0 Å². The smallest absolute Gasteiger partial charge is 0.303 e. The Labute approximate surface area is 113 Å². The van der Waals surface area contributed by atoms with Gasteiger partial charge in [-0.25, -0.2) is 0 Å². The molecule has 0 amide bonds. The molecule has 0 saturated heterocycles. The van der Waals surface area contributed by atoms with Crippen LogP contribution < -0.4 is 14.4 Å². The van der Waals surface area contributed by atoms with Crippen LogP contribution in [0.1, 0.15) is 13.3 Å². The van der Waals surface area contributed by atoms with E-state index in [1.54, 1.807) is 14.2 Å². The molecule has 1 N–H and O–H groups in total. The van der Waals surface area contributed by atoms with Gasteiger partial charge in [-0.3, -0.25) is 4.79 Å². The molecule has 106 valence electrons. The van der Waals surface area contributed by atoms with Crippen molar-refractivity contribution in [1.82, 2.24) is 0 Å². The Balaban J connectivity index is 2.84. The maximum Gasteiger partial charge on any atom is 0.303 e. The van der Waals surface area contributed by atoms with Crippen LogP contribution in [-0.4, -0.2) is 38.9 Å². The number of methoxy groups -OCH3 is 2. The Morgan fingerprint density at radius 1 is 1.37 bits per heavy atom. The van der Waals surface area contributed by atoms with E-state index >= 15 is 0 Å². The van der Waals surface area contributed by atoms with Crippen molar-refractivity contribution in [3.05, 3.63) is 18.2 Å². The molecule has 0 aliphatic heterocycles. The highest BCUT2D eigenvalue weighted by atomic mass is 16.5. The Bertz CT molecular complexity index is 433. The lowest BCUT2D eigenvalue weighted by Crippen LogP contribution is -2.25. The van der Waals surface area contributed by atoms with Gasteiger partial charge in [-0.05, 0) is 18.1 Å². The monoisotopic (exact) mass is 267 g/mol. The molecular weight excluding hydrogens is 246 g/mol. The van der Waals surface area contributed by atoms with E-state index in [0.717, 1.165) is 17.2 Å². The Morgan fingerprint density at radius 3 is 2.58 bits per heavy atom. The predicted molar refractivity (Wildman–Crippen MR) is 74.2 cm³/mol. The number of benzene rings is 1. The Kier molecular flexibility index (Phi) is 5.48. The first-order valence-electron chi connectivity index (χ1n) is 6.12. The van der Waals surface area contributed by atoms with Crippen molar-refractivity contribution in [1.29, 1.82) is 0 Å². The average Bonchev–Trinajstić information content (AvgIpc) is 2.36. The van der Waals surface area contributed by atoms with Crippen LogP contribution in [0.4, 0.5) is 5.69 Å². The minimum atomic E-state index is -0.779. The number of carboxylic acid groups (broad SMARTS) is 1. The van der Waals surface area contributed by atoms with E-state index in [4.69, 9.17) is 14.6 Å². The normalized spacial score (nSPS) is 11.8. The van der Waals surface area contributed by atoms with Crippen molar-refractivity contribution in [3.63, 3.8) is 0 Å². The zero-order valence-electron chi connectivity index (χ0n) is 11.8. The standard InChI is InChI=1S/C14H21NO4/c1-10(7-14(16)17)9-15(2)12-8-11(18-3)5-6-13(12)19-4/h5-6,8,10H,7,9H2,1-4H3,(H,16,17). The van der Waals surface area contributed by atoms with Crippen LogP contribution in [0.25, 0.3) is 0 Å². The summed E-state index contributed by atoms with van der Waals surface area (Å²) in [5.41, 5.74) is 0.888. The molecule has 0 fully saturated rings. The summed E-state index contributed by atoms with van der Waals surface area (Å²) in [6.07, 6.45) is 0.149. The van der Waals surface area contributed by atoms with Gasteiger partial charge in [-0.15, -0.1) is 0 Å². The Hall–Kier alpha value is -1.91. The first kappa shape index (κ1) is 15.1. The lowest BCUT2D eigenvalue weighted by Gasteiger charge is -2.25. The molecule has 0 aliphatic rings. The zero-order chi connectivity index (χ0) is 14.4. The maximum atomic E-state index is 10.7. The number of hydrogen-bond donors (Lipinski definition) is 1. The molecule has 0 aliphatic carbocycles. The molecule has 0 saturated carbocycles. The van der Waals surface area contributed by atoms with Crippen molar-refractivity contribution in [2.75, 3.05) is 32.7 Å². The molecule has 1 unspecified atom stereocenters. The van der Waals surface area contributed by atoms with Gasteiger partial charge in [0.05, 0.1) is 19.9 Å². The first-order valence-corrected chi connectivity index (χ1v) is 6.12. The van der Waals surface area contributed by atoms with Crippen LogP contribution in [0.15, 0.2) is 18.2 Å². The average molecular weight is 267 g/mol. The van der Waals surface area contributed by atoms with Crippen LogP contribution >= 0.6 is 0 Å². The van der Waals surface area contributed by atoms with E-state index in [1.165, 1.54) is 0 Å². The van der Waals surface area contributed by atoms with Crippen molar-refractivity contribution >= 4 is 11.7 Å². The summed E-state index contributed by atoms with van der Waals surface area (Å²) in [4.78, 5) is 12.7. The second-order valence-corrected chi connectivity index (χ2v) is 4.62. The first-order chi connectivity index (χ1) is 8.97. The third kappa shape index (κ3) is 4.35. The molecule has 1 aromatic carbocycles. The third-order valence-corrected chi connectivity index (χ3v) is 2.91. The van der Waals surface area contributed by atoms with Crippen LogP contribution in [0, 0.1) is 5.92 Å². The van der Waals surface area contributed by atoms with Gasteiger partial charge >= 0.3 is 5.97 Å². The molecule has 5 nitrogen and oxygen atoms in total. The third-order valence-electron chi connectivity index (χ3n) is 2.91. The van der Waals surface area contributed by atoms with Crippen molar-refractivity contribution in [2.24, 2.45) is 5.92 Å². The number of carboxylic acids is 1. The summed E-state index contributed by atoms with van der Waals surface area (Å²) in [5, 5.41) is 8.79. The van der Waals surface area contributed by atoms with Crippen LogP contribution in [0.3, 0.4) is 0 Å². The minimum absolute atomic E-state index is 0.0541. The molecule has 0 aromatic heterocycles. The number of nitrogens with zero attached hydrogens (tertiary/aromatic N) is 1. The fourth-order valence-electron chi connectivity index (χ4n) is 2.02. The van der Waals surface area contributed by atoms with Crippen molar-refractivity contribution in [2.45, 2.75) is 13.3 Å². The largest absolute Gasteiger partial charge is 0.497 e. The zero-order valence-corrected chi connectivity index (χ0v) is 11.8. The summed E-state index contributed by atoms with van der Waals surface area (Å²) >= 11 is 0. The summed E-state index contributed by atoms with van der Waals surface area (Å²) in [5.74, 6) is 0.760. The molecule has 0 heterocycles. The van der Waals surface area contributed by atoms with E-state index in [0.29, 0.717) is 6.54 Å². The van der Waals surface area contributed by atoms with Gasteiger partial charge in [0.1, 0.15) is 11.5 Å². The Morgan fingerprint density at radius 2 is 2.05 bits per heavy atom. The van der Waals surface area contributed by atoms with Gasteiger partial charge in [0.15, 0.2) is 0 Å². The quantitative estimate of drug-likeness (QED) is 0.821. The van der Waals surface area contributed by atoms with Gasteiger partial charge in [-0.1, -0.05) is 6.92 Å². The highest BCUT2D eigenvalue weighted by Crippen LogP contribution is 2.32. The van der Waals surface area contributed by atoms with Crippen LogP contribution in [0.5, 0.6) is 11.5 Å².